The second-order valence-electron chi connectivity index (χ2n) is 3.04. The zero-order chi connectivity index (χ0) is 9.40. The van der Waals surface area contributed by atoms with Gasteiger partial charge in [-0.05, 0) is 13.3 Å². The van der Waals surface area contributed by atoms with Gasteiger partial charge in [0.05, 0.1) is 0 Å². The first-order valence-corrected chi connectivity index (χ1v) is 4.63. The van der Waals surface area contributed by atoms with Crippen molar-refractivity contribution in [2.45, 2.75) is 40.5 Å². The predicted molar refractivity (Wildman–Crippen MR) is 54.5 cm³/mol. The largest absolute Gasteiger partial charge is 0.106 e. The van der Waals surface area contributed by atoms with Crippen molar-refractivity contribution in [1.82, 2.24) is 0 Å². The number of rotatable bonds is 2. The molecule has 12 heavy (non-hydrogen) atoms. The first kappa shape index (κ1) is 11.1. The highest BCUT2D eigenvalue weighted by Gasteiger charge is 2.04. The SMILES string of the molecule is CC#CC(C)C(C)C#CCCC. The summed E-state index contributed by atoms with van der Waals surface area (Å²) in [6.45, 7) is 8.29. The Morgan fingerprint density at radius 3 is 2.17 bits per heavy atom. The van der Waals surface area contributed by atoms with Crippen LogP contribution in [0.25, 0.3) is 0 Å². The Morgan fingerprint density at radius 2 is 1.67 bits per heavy atom. The highest BCUT2D eigenvalue weighted by molar-refractivity contribution is 5.10. The lowest BCUT2D eigenvalue weighted by Crippen LogP contribution is -2.02. The Morgan fingerprint density at radius 1 is 1.08 bits per heavy atom. The molecule has 0 heteroatoms. The summed E-state index contributed by atoms with van der Waals surface area (Å²) in [5, 5.41) is 0. The molecule has 0 aliphatic heterocycles. The molecule has 0 nitrogen and oxygen atoms in total. The van der Waals surface area contributed by atoms with Crippen LogP contribution in [-0.4, -0.2) is 0 Å². The minimum Gasteiger partial charge on any atom is -0.106 e. The first-order valence-electron chi connectivity index (χ1n) is 4.63. The van der Waals surface area contributed by atoms with Gasteiger partial charge in [0, 0.05) is 18.3 Å². The second kappa shape index (κ2) is 6.81. The highest BCUT2D eigenvalue weighted by atomic mass is 14.1. The number of hydrogen-bond acceptors (Lipinski definition) is 0. The van der Waals surface area contributed by atoms with E-state index >= 15 is 0 Å². The molecule has 66 valence electrons. The molecule has 0 amide bonds. The van der Waals surface area contributed by atoms with Crippen molar-refractivity contribution >= 4 is 0 Å². The molecule has 0 N–H and O–H groups in total. The maximum atomic E-state index is 3.22. The summed E-state index contributed by atoms with van der Waals surface area (Å²) in [6.07, 6.45) is 2.16. The fourth-order valence-electron chi connectivity index (χ4n) is 0.836. The van der Waals surface area contributed by atoms with E-state index in [1.165, 1.54) is 0 Å². The van der Waals surface area contributed by atoms with E-state index in [1.807, 2.05) is 6.92 Å². The first-order chi connectivity index (χ1) is 5.72. The molecule has 0 saturated carbocycles. The predicted octanol–water partition coefficient (Wildman–Crippen LogP) is 3.09. The summed E-state index contributed by atoms with van der Waals surface area (Å²) in [7, 11) is 0. The van der Waals surface area contributed by atoms with Gasteiger partial charge in [-0.2, -0.15) is 0 Å². The lowest BCUT2D eigenvalue weighted by atomic mass is 9.97. The molecule has 0 rings (SSSR count). The van der Waals surface area contributed by atoms with E-state index in [1.54, 1.807) is 0 Å². The molecular weight excluding hydrogens is 144 g/mol. The summed E-state index contributed by atoms with van der Waals surface area (Å²) in [6, 6.07) is 0. The van der Waals surface area contributed by atoms with Gasteiger partial charge >= 0.3 is 0 Å². The third-order valence-corrected chi connectivity index (χ3v) is 1.83. The average Bonchev–Trinajstić information content (AvgIpc) is 2.05. The molecule has 0 spiro atoms. The summed E-state index contributed by atoms with van der Waals surface area (Å²) in [4.78, 5) is 0. The molecule has 0 heterocycles. The monoisotopic (exact) mass is 162 g/mol. The van der Waals surface area contributed by atoms with Crippen molar-refractivity contribution in [3.05, 3.63) is 0 Å². The van der Waals surface area contributed by atoms with Gasteiger partial charge in [-0.3, -0.25) is 0 Å². The molecule has 0 radical (unpaired) electrons. The standard InChI is InChI=1S/C12H18/c1-5-7-8-10-12(4)11(3)9-6-2/h11-12H,5,7H2,1-4H3. The van der Waals surface area contributed by atoms with Crippen molar-refractivity contribution in [3.63, 3.8) is 0 Å². The molecule has 0 aromatic heterocycles. The van der Waals surface area contributed by atoms with Gasteiger partial charge in [-0.25, -0.2) is 0 Å². The van der Waals surface area contributed by atoms with Crippen LogP contribution in [0.1, 0.15) is 40.5 Å². The summed E-state index contributed by atoms with van der Waals surface area (Å²) >= 11 is 0. The normalized spacial score (nSPS) is 13.3. The van der Waals surface area contributed by atoms with Crippen molar-refractivity contribution in [1.29, 1.82) is 0 Å². The molecule has 0 fully saturated rings. The topological polar surface area (TPSA) is 0 Å². The van der Waals surface area contributed by atoms with Crippen LogP contribution in [0.3, 0.4) is 0 Å². The van der Waals surface area contributed by atoms with Gasteiger partial charge in [0.15, 0.2) is 0 Å². The van der Waals surface area contributed by atoms with Crippen molar-refractivity contribution in [2.75, 3.05) is 0 Å². The zero-order valence-corrected chi connectivity index (χ0v) is 8.57. The van der Waals surface area contributed by atoms with Crippen LogP contribution < -0.4 is 0 Å². The van der Waals surface area contributed by atoms with Crippen molar-refractivity contribution in [3.8, 4) is 23.7 Å². The van der Waals surface area contributed by atoms with Crippen LogP contribution in [0, 0.1) is 35.5 Å². The zero-order valence-electron chi connectivity index (χ0n) is 8.57. The van der Waals surface area contributed by atoms with Gasteiger partial charge in [0.1, 0.15) is 0 Å². The molecule has 0 aromatic rings. The van der Waals surface area contributed by atoms with Gasteiger partial charge in [-0.1, -0.05) is 32.6 Å². The maximum absolute atomic E-state index is 3.22. The molecular formula is C12H18. The van der Waals surface area contributed by atoms with E-state index in [-0.39, 0.29) is 0 Å². The van der Waals surface area contributed by atoms with Gasteiger partial charge in [0.25, 0.3) is 0 Å². The summed E-state index contributed by atoms with van der Waals surface area (Å²) in [5.41, 5.74) is 0. The van der Waals surface area contributed by atoms with Crippen molar-refractivity contribution < 1.29 is 0 Å². The Labute approximate surface area is 76.8 Å². The van der Waals surface area contributed by atoms with E-state index in [2.05, 4.69) is 44.5 Å². The Hall–Kier alpha value is -0.880. The quantitative estimate of drug-likeness (QED) is 0.547. The second-order valence-corrected chi connectivity index (χ2v) is 3.04. The van der Waals surface area contributed by atoms with Crippen LogP contribution in [0.2, 0.25) is 0 Å². The molecule has 2 atom stereocenters. The van der Waals surface area contributed by atoms with Gasteiger partial charge < -0.3 is 0 Å². The smallest absolute Gasteiger partial charge is 0.0309 e. The summed E-state index contributed by atoms with van der Waals surface area (Å²) in [5.74, 6) is 13.2. The maximum Gasteiger partial charge on any atom is 0.0309 e. The Kier molecular flexibility index (Phi) is 6.31. The lowest BCUT2D eigenvalue weighted by molar-refractivity contribution is 0.594. The summed E-state index contributed by atoms with van der Waals surface area (Å²) < 4.78 is 0. The molecule has 0 aliphatic rings. The van der Waals surface area contributed by atoms with E-state index < -0.39 is 0 Å². The Bertz CT molecular complexity index is 216. The molecule has 2 unspecified atom stereocenters. The van der Waals surface area contributed by atoms with Gasteiger partial charge in [0.2, 0.25) is 0 Å². The minimum atomic E-state index is 0.402. The van der Waals surface area contributed by atoms with Crippen LogP contribution in [-0.2, 0) is 0 Å². The molecule has 0 aromatic carbocycles. The fourth-order valence-corrected chi connectivity index (χ4v) is 0.836. The molecule has 0 bridgehead atoms. The fraction of sp³-hybridized carbons (Fsp3) is 0.667. The molecule has 0 aliphatic carbocycles. The third kappa shape index (κ3) is 4.86. The van der Waals surface area contributed by atoms with Crippen LogP contribution in [0.4, 0.5) is 0 Å². The van der Waals surface area contributed by atoms with E-state index in [0.717, 1.165) is 12.8 Å². The van der Waals surface area contributed by atoms with Crippen LogP contribution in [0.5, 0.6) is 0 Å². The lowest BCUT2D eigenvalue weighted by Gasteiger charge is -2.05. The third-order valence-electron chi connectivity index (χ3n) is 1.83. The van der Waals surface area contributed by atoms with E-state index in [0.29, 0.717) is 11.8 Å². The highest BCUT2D eigenvalue weighted by Crippen LogP contribution is 2.07. The van der Waals surface area contributed by atoms with Gasteiger partial charge in [-0.15, -0.1) is 11.8 Å². The van der Waals surface area contributed by atoms with Crippen LogP contribution >= 0.6 is 0 Å². The number of hydrogen-bond donors (Lipinski definition) is 0. The van der Waals surface area contributed by atoms with Crippen LogP contribution in [0.15, 0.2) is 0 Å². The average molecular weight is 162 g/mol. The Balaban J connectivity index is 3.93. The van der Waals surface area contributed by atoms with E-state index in [9.17, 15) is 0 Å². The molecule has 0 saturated heterocycles. The number of unbranched alkanes of at least 4 members (excludes halogenated alkanes) is 1. The van der Waals surface area contributed by atoms with E-state index in [4.69, 9.17) is 0 Å². The minimum absolute atomic E-state index is 0.402. The van der Waals surface area contributed by atoms with Crippen molar-refractivity contribution in [2.24, 2.45) is 11.8 Å².